The largest absolute Gasteiger partial charge is 0.328 e. The van der Waals surface area contributed by atoms with Gasteiger partial charge in [0.1, 0.15) is 5.00 Å². The molecule has 1 aliphatic rings. The van der Waals surface area contributed by atoms with Crippen LogP contribution in [0.2, 0.25) is 0 Å². The van der Waals surface area contributed by atoms with E-state index in [2.05, 4.69) is 63.6 Å². The SMILES string of the molecule is Cn1cc(-c2cnc3c(Nc4cc(C(C)(C)C)ns4)nc(C4=CCCNC4)cn23)cn1. The van der Waals surface area contributed by atoms with Crippen LogP contribution in [-0.4, -0.2) is 41.6 Å². The van der Waals surface area contributed by atoms with Crippen molar-refractivity contribution in [1.29, 1.82) is 0 Å². The van der Waals surface area contributed by atoms with Crippen LogP contribution in [0.5, 0.6) is 0 Å². The van der Waals surface area contributed by atoms with E-state index < -0.39 is 0 Å². The van der Waals surface area contributed by atoms with Gasteiger partial charge in [0.2, 0.25) is 0 Å². The summed E-state index contributed by atoms with van der Waals surface area (Å²) in [7, 11) is 1.92. The third kappa shape index (κ3) is 3.86. The molecule has 0 bridgehead atoms. The van der Waals surface area contributed by atoms with Crippen LogP contribution in [0.15, 0.2) is 36.9 Å². The Kier molecular flexibility index (Phi) is 4.86. The fourth-order valence-corrected chi connectivity index (χ4v) is 4.47. The maximum Gasteiger partial charge on any atom is 0.181 e. The van der Waals surface area contributed by atoms with Gasteiger partial charge in [-0.05, 0) is 36.1 Å². The molecule has 0 aliphatic carbocycles. The average molecular weight is 435 g/mol. The van der Waals surface area contributed by atoms with E-state index in [1.54, 1.807) is 4.68 Å². The van der Waals surface area contributed by atoms with Gasteiger partial charge in [-0.2, -0.15) is 9.47 Å². The van der Waals surface area contributed by atoms with Crippen molar-refractivity contribution in [3.63, 3.8) is 0 Å². The molecular weight excluding hydrogens is 408 g/mol. The first-order valence-corrected chi connectivity index (χ1v) is 11.2. The average Bonchev–Trinajstić information content (AvgIpc) is 3.47. The van der Waals surface area contributed by atoms with Crippen LogP contribution in [0.4, 0.5) is 10.8 Å². The highest BCUT2D eigenvalue weighted by molar-refractivity contribution is 7.10. The first-order valence-electron chi connectivity index (χ1n) is 10.4. The molecule has 160 valence electrons. The molecule has 0 saturated heterocycles. The normalized spacial score (nSPS) is 14.8. The minimum atomic E-state index is 0.000389. The minimum Gasteiger partial charge on any atom is -0.328 e. The summed E-state index contributed by atoms with van der Waals surface area (Å²) >= 11 is 1.45. The Balaban J connectivity index is 1.63. The quantitative estimate of drug-likeness (QED) is 0.505. The number of imidazole rings is 1. The van der Waals surface area contributed by atoms with Crippen LogP contribution in [0.3, 0.4) is 0 Å². The highest BCUT2D eigenvalue weighted by atomic mass is 32.1. The van der Waals surface area contributed by atoms with E-state index in [-0.39, 0.29) is 5.41 Å². The number of aryl methyl sites for hydroxylation is 1. The topological polar surface area (TPSA) is 85.0 Å². The molecule has 9 heteroatoms. The lowest BCUT2D eigenvalue weighted by Gasteiger charge is -2.16. The van der Waals surface area contributed by atoms with E-state index in [0.29, 0.717) is 0 Å². The van der Waals surface area contributed by atoms with Gasteiger partial charge in [-0.25, -0.2) is 9.97 Å². The molecule has 5 heterocycles. The van der Waals surface area contributed by atoms with Crippen LogP contribution in [-0.2, 0) is 12.5 Å². The summed E-state index contributed by atoms with van der Waals surface area (Å²) in [6.07, 6.45) is 11.1. The number of hydrogen-bond acceptors (Lipinski definition) is 7. The van der Waals surface area contributed by atoms with Crippen LogP contribution in [0.1, 0.15) is 38.6 Å². The highest BCUT2D eigenvalue weighted by Gasteiger charge is 2.20. The lowest BCUT2D eigenvalue weighted by atomic mass is 9.92. The number of aromatic nitrogens is 6. The second-order valence-corrected chi connectivity index (χ2v) is 9.67. The second-order valence-electron chi connectivity index (χ2n) is 8.86. The van der Waals surface area contributed by atoms with Crippen molar-refractivity contribution >= 4 is 33.6 Å². The molecule has 1 aliphatic heterocycles. The van der Waals surface area contributed by atoms with E-state index in [1.807, 2.05) is 25.6 Å². The van der Waals surface area contributed by atoms with Crippen LogP contribution >= 0.6 is 11.5 Å². The Hall–Kier alpha value is -3.04. The number of nitrogens with one attached hydrogen (secondary N) is 2. The van der Waals surface area contributed by atoms with E-state index in [9.17, 15) is 0 Å². The Bertz CT molecular complexity index is 1270. The number of nitrogens with zero attached hydrogens (tertiary/aromatic N) is 6. The fraction of sp³-hybridized carbons (Fsp3) is 0.364. The van der Waals surface area contributed by atoms with Crippen LogP contribution < -0.4 is 10.6 Å². The third-order valence-corrected chi connectivity index (χ3v) is 6.07. The maximum atomic E-state index is 4.96. The first-order chi connectivity index (χ1) is 14.9. The Morgan fingerprint density at radius 3 is 2.74 bits per heavy atom. The van der Waals surface area contributed by atoms with E-state index in [0.717, 1.165) is 58.6 Å². The molecule has 0 aromatic carbocycles. The van der Waals surface area contributed by atoms with Gasteiger partial charge in [0.15, 0.2) is 11.5 Å². The molecule has 5 rings (SSSR count). The van der Waals surface area contributed by atoms with Gasteiger partial charge in [-0.15, -0.1) is 0 Å². The van der Waals surface area contributed by atoms with Crippen LogP contribution in [0.25, 0.3) is 22.5 Å². The lowest BCUT2D eigenvalue weighted by molar-refractivity contribution is 0.576. The van der Waals surface area contributed by atoms with Gasteiger partial charge in [-0.1, -0.05) is 26.8 Å². The van der Waals surface area contributed by atoms with Gasteiger partial charge < -0.3 is 10.6 Å². The van der Waals surface area contributed by atoms with Gasteiger partial charge >= 0.3 is 0 Å². The summed E-state index contributed by atoms with van der Waals surface area (Å²) in [6, 6.07) is 2.10. The molecule has 0 unspecified atom stereocenters. The lowest BCUT2D eigenvalue weighted by Crippen LogP contribution is -2.22. The molecule has 4 aromatic rings. The van der Waals surface area contributed by atoms with E-state index in [1.165, 1.54) is 17.1 Å². The van der Waals surface area contributed by atoms with Gasteiger partial charge in [0.25, 0.3) is 0 Å². The molecule has 31 heavy (non-hydrogen) atoms. The summed E-state index contributed by atoms with van der Waals surface area (Å²) in [6.45, 7) is 8.31. The zero-order valence-electron chi connectivity index (χ0n) is 18.2. The van der Waals surface area contributed by atoms with Crippen molar-refractivity contribution in [2.45, 2.75) is 32.6 Å². The molecule has 4 aromatic heterocycles. The summed E-state index contributed by atoms with van der Waals surface area (Å²) in [5, 5.41) is 12.2. The molecule has 2 N–H and O–H groups in total. The molecule has 0 fully saturated rings. The molecule has 0 saturated carbocycles. The Labute approximate surface area is 185 Å². The predicted octanol–water partition coefficient (Wildman–Crippen LogP) is 4.00. The van der Waals surface area contributed by atoms with Crippen molar-refractivity contribution in [2.75, 3.05) is 18.4 Å². The molecule has 0 radical (unpaired) electrons. The van der Waals surface area contributed by atoms with Crippen molar-refractivity contribution in [3.05, 3.63) is 48.3 Å². The van der Waals surface area contributed by atoms with Gasteiger partial charge in [0, 0.05) is 37.0 Å². The van der Waals surface area contributed by atoms with Gasteiger partial charge in [0.05, 0.1) is 29.5 Å². The third-order valence-electron chi connectivity index (χ3n) is 5.37. The molecular formula is C22H26N8S. The Morgan fingerprint density at radius 1 is 1.19 bits per heavy atom. The maximum absolute atomic E-state index is 4.96. The Morgan fingerprint density at radius 2 is 2.06 bits per heavy atom. The monoisotopic (exact) mass is 434 g/mol. The number of hydrogen-bond donors (Lipinski definition) is 2. The molecule has 0 spiro atoms. The van der Waals surface area contributed by atoms with Crippen molar-refractivity contribution < 1.29 is 0 Å². The number of fused-ring (bicyclic) bond motifs is 1. The zero-order chi connectivity index (χ0) is 21.6. The van der Waals surface area contributed by atoms with E-state index in [4.69, 9.17) is 9.97 Å². The minimum absolute atomic E-state index is 0.000389. The second kappa shape index (κ2) is 7.58. The van der Waals surface area contributed by atoms with E-state index >= 15 is 0 Å². The number of rotatable bonds is 4. The standard InChI is InChI=1S/C22H26N8S/c1-22(2,3)18-8-19(31-28-18)27-20-21-24-11-17(15-10-25-29(4)12-15)30(21)13-16(26-20)14-6-5-7-23-9-14/h6,8,10-13,23H,5,7,9H2,1-4H3,(H,26,27). The fourth-order valence-electron chi connectivity index (χ4n) is 3.64. The van der Waals surface area contributed by atoms with Gasteiger partial charge in [-0.3, -0.25) is 9.08 Å². The molecule has 0 atom stereocenters. The molecule has 0 amide bonds. The van der Waals surface area contributed by atoms with Crippen molar-refractivity contribution in [3.8, 4) is 11.3 Å². The summed E-state index contributed by atoms with van der Waals surface area (Å²) in [5.74, 6) is 0.725. The van der Waals surface area contributed by atoms with Crippen LogP contribution in [0, 0.1) is 0 Å². The van der Waals surface area contributed by atoms with Crippen molar-refractivity contribution in [1.82, 2.24) is 33.8 Å². The van der Waals surface area contributed by atoms with Crippen molar-refractivity contribution in [2.24, 2.45) is 7.05 Å². The summed E-state index contributed by atoms with van der Waals surface area (Å²) < 4.78 is 8.52. The first kappa shape index (κ1) is 19.9. The highest BCUT2D eigenvalue weighted by Crippen LogP contribution is 2.31. The molecule has 8 nitrogen and oxygen atoms in total. The predicted molar refractivity (Wildman–Crippen MR) is 125 cm³/mol. The summed E-state index contributed by atoms with van der Waals surface area (Å²) in [5.41, 5.74) is 5.97. The zero-order valence-corrected chi connectivity index (χ0v) is 19.0. The summed E-state index contributed by atoms with van der Waals surface area (Å²) in [4.78, 5) is 9.65. The number of anilines is 2. The smallest absolute Gasteiger partial charge is 0.181 e.